The third-order valence-electron chi connectivity index (χ3n) is 4.16. The fourth-order valence-electron chi connectivity index (χ4n) is 2.50. The summed E-state index contributed by atoms with van der Waals surface area (Å²) in [5.74, 6) is -4.52. The lowest BCUT2D eigenvalue weighted by molar-refractivity contribution is -0.147. The number of carboxylic acids is 1. The zero-order valence-electron chi connectivity index (χ0n) is 11.1. The molecule has 19 heavy (non-hydrogen) atoms. The highest BCUT2D eigenvalue weighted by Crippen LogP contribution is 2.45. The van der Waals surface area contributed by atoms with Crippen molar-refractivity contribution in [3.8, 4) is 0 Å². The highest BCUT2D eigenvalue weighted by atomic mass is 19.3. The van der Waals surface area contributed by atoms with Gasteiger partial charge in [0.2, 0.25) is 0 Å². The maximum absolute atomic E-state index is 13.8. The highest BCUT2D eigenvalue weighted by Gasteiger charge is 2.46. The molecule has 1 aromatic carbocycles. The van der Waals surface area contributed by atoms with Gasteiger partial charge < -0.3 is 5.11 Å². The number of rotatable bonds is 4. The Morgan fingerprint density at radius 1 is 1.26 bits per heavy atom. The average molecular weight is 268 g/mol. The van der Waals surface area contributed by atoms with Crippen molar-refractivity contribution in [1.82, 2.24) is 0 Å². The van der Waals surface area contributed by atoms with Gasteiger partial charge in [-0.05, 0) is 18.4 Å². The Labute approximate surface area is 111 Å². The molecule has 2 nitrogen and oxygen atoms in total. The highest BCUT2D eigenvalue weighted by molar-refractivity contribution is 5.82. The predicted molar refractivity (Wildman–Crippen MR) is 68.3 cm³/mol. The lowest BCUT2D eigenvalue weighted by Crippen LogP contribution is -2.42. The molecule has 1 saturated carbocycles. The van der Waals surface area contributed by atoms with Crippen molar-refractivity contribution >= 4 is 5.97 Å². The Kier molecular flexibility index (Phi) is 3.37. The van der Waals surface area contributed by atoms with Gasteiger partial charge in [-0.15, -0.1) is 0 Å². The van der Waals surface area contributed by atoms with Crippen molar-refractivity contribution in [2.24, 2.45) is 5.92 Å². The molecule has 0 saturated heterocycles. The van der Waals surface area contributed by atoms with E-state index in [1.165, 1.54) is 26.0 Å². The van der Waals surface area contributed by atoms with E-state index in [-0.39, 0.29) is 5.56 Å². The predicted octanol–water partition coefficient (Wildman–Crippen LogP) is 3.94. The molecule has 0 unspecified atom stereocenters. The van der Waals surface area contributed by atoms with E-state index in [1.807, 2.05) is 0 Å². The fourth-order valence-corrected chi connectivity index (χ4v) is 2.50. The van der Waals surface area contributed by atoms with Crippen molar-refractivity contribution in [1.29, 1.82) is 0 Å². The van der Waals surface area contributed by atoms with Crippen LogP contribution >= 0.6 is 0 Å². The number of halogens is 2. The molecule has 1 aromatic rings. The third-order valence-corrected chi connectivity index (χ3v) is 4.16. The van der Waals surface area contributed by atoms with E-state index in [0.717, 1.165) is 6.42 Å². The minimum Gasteiger partial charge on any atom is -0.481 e. The quantitative estimate of drug-likeness (QED) is 0.898. The topological polar surface area (TPSA) is 37.3 Å². The maximum atomic E-state index is 13.8. The van der Waals surface area contributed by atoms with Crippen LogP contribution < -0.4 is 0 Å². The van der Waals surface area contributed by atoms with Gasteiger partial charge in [0.15, 0.2) is 0 Å². The van der Waals surface area contributed by atoms with Gasteiger partial charge in [-0.2, -0.15) is 0 Å². The molecule has 1 N–H and O–H groups in total. The van der Waals surface area contributed by atoms with Crippen molar-refractivity contribution in [3.63, 3.8) is 0 Å². The molecule has 4 heteroatoms. The number of hydrogen-bond donors (Lipinski definition) is 1. The minimum atomic E-state index is -2.88. The number of carbonyl (C=O) groups is 1. The molecule has 0 aromatic heterocycles. The van der Waals surface area contributed by atoms with Crippen molar-refractivity contribution in [2.75, 3.05) is 0 Å². The first-order valence-corrected chi connectivity index (χ1v) is 6.53. The van der Waals surface area contributed by atoms with Crippen LogP contribution in [0.5, 0.6) is 0 Å². The van der Waals surface area contributed by atoms with E-state index < -0.39 is 23.2 Å². The second-order valence-electron chi connectivity index (χ2n) is 5.60. The van der Waals surface area contributed by atoms with Gasteiger partial charge in [-0.3, -0.25) is 4.79 Å². The lowest BCUT2D eigenvalue weighted by atomic mass is 9.64. The van der Waals surface area contributed by atoms with E-state index >= 15 is 0 Å². The van der Waals surface area contributed by atoms with Crippen LogP contribution in [0.3, 0.4) is 0 Å². The molecule has 0 amide bonds. The van der Waals surface area contributed by atoms with Crippen LogP contribution in [0.4, 0.5) is 8.78 Å². The largest absolute Gasteiger partial charge is 0.481 e. The first-order valence-electron chi connectivity index (χ1n) is 6.53. The summed E-state index contributed by atoms with van der Waals surface area (Å²) in [7, 11) is 0. The molecule has 1 fully saturated rings. The first kappa shape index (κ1) is 14.0. The average Bonchev–Trinajstić information content (AvgIpc) is 2.27. The Morgan fingerprint density at radius 3 is 2.11 bits per heavy atom. The van der Waals surface area contributed by atoms with Gasteiger partial charge in [0.25, 0.3) is 5.92 Å². The van der Waals surface area contributed by atoms with Crippen LogP contribution in [0.2, 0.25) is 0 Å². The summed E-state index contributed by atoms with van der Waals surface area (Å²) in [4.78, 5) is 11.3. The number of carboxylic acid groups (broad SMARTS) is 1. The Hall–Kier alpha value is -1.45. The second kappa shape index (κ2) is 4.58. The Balaban J connectivity index is 2.31. The molecule has 104 valence electrons. The molecule has 0 spiro atoms. The van der Waals surface area contributed by atoms with Crippen LogP contribution in [-0.4, -0.2) is 11.1 Å². The zero-order chi connectivity index (χ0) is 14.3. The molecule has 2 rings (SSSR count). The minimum absolute atomic E-state index is 0.0499. The Morgan fingerprint density at radius 2 is 1.79 bits per heavy atom. The second-order valence-corrected chi connectivity index (χ2v) is 5.60. The molecule has 0 bridgehead atoms. The van der Waals surface area contributed by atoms with Gasteiger partial charge in [0.05, 0.1) is 5.41 Å². The van der Waals surface area contributed by atoms with Gasteiger partial charge in [-0.1, -0.05) is 44.5 Å². The summed E-state index contributed by atoms with van der Waals surface area (Å²) < 4.78 is 27.7. The summed E-state index contributed by atoms with van der Waals surface area (Å²) in [5.41, 5.74) is -0.272. The summed E-state index contributed by atoms with van der Waals surface area (Å²) >= 11 is 0. The number of hydrogen-bond acceptors (Lipinski definition) is 1. The molecular weight excluding hydrogens is 250 g/mol. The molecule has 0 atom stereocenters. The van der Waals surface area contributed by atoms with E-state index in [0.29, 0.717) is 18.4 Å². The van der Waals surface area contributed by atoms with Gasteiger partial charge in [0, 0.05) is 11.5 Å². The molecule has 0 aliphatic heterocycles. The van der Waals surface area contributed by atoms with E-state index in [9.17, 15) is 18.7 Å². The Bertz CT molecular complexity index is 473. The van der Waals surface area contributed by atoms with E-state index in [1.54, 1.807) is 12.1 Å². The molecule has 1 aliphatic rings. The summed E-state index contributed by atoms with van der Waals surface area (Å²) in [6.45, 7) is 2.94. The van der Waals surface area contributed by atoms with Crippen LogP contribution in [0.15, 0.2) is 24.3 Å². The summed E-state index contributed by atoms with van der Waals surface area (Å²) in [5, 5.41) is 9.31. The number of alkyl halides is 2. The van der Waals surface area contributed by atoms with Crippen LogP contribution in [-0.2, 0) is 16.1 Å². The standard InChI is InChI=1S/C15H18F2O2/c1-10(2)15(16,17)12-6-4-11(5-7-12)14(13(18)19)8-3-9-14/h4-7,10H,3,8-9H2,1-2H3,(H,18,19). The van der Waals surface area contributed by atoms with Crippen LogP contribution in [0.25, 0.3) is 0 Å². The maximum Gasteiger partial charge on any atom is 0.314 e. The number of aliphatic carboxylic acids is 1. The molecule has 1 aliphatic carbocycles. The number of benzene rings is 1. The van der Waals surface area contributed by atoms with Crippen molar-refractivity contribution < 1.29 is 18.7 Å². The summed E-state index contributed by atoms with van der Waals surface area (Å²) in [6, 6.07) is 5.80. The van der Waals surface area contributed by atoms with E-state index in [4.69, 9.17) is 0 Å². The van der Waals surface area contributed by atoms with Crippen LogP contribution in [0.1, 0.15) is 44.2 Å². The lowest BCUT2D eigenvalue weighted by Gasteiger charge is -2.38. The molecule has 0 radical (unpaired) electrons. The monoisotopic (exact) mass is 268 g/mol. The first-order chi connectivity index (χ1) is 8.80. The van der Waals surface area contributed by atoms with Crippen LogP contribution in [0, 0.1) is 5.92 Å². The fraction of sp³-hybridized carbons (Fsp3) is 0.533. The normalized spacial score (nSPS) is 18.2. The summed E-state index contributed by atoms with van der Waals surface area (Å²) in [6.07, 6.45) is 2.04. The van der Waals surface area contributed by atoms with Gasteiger partial charge >= 0.3 is 5.97 Å². The SMILES string of the molecule is CC(C)C(F)(F)c1ccc(C2(C(=O)O)CCC2)cc1. The zero-order valence-corrected chi connectivity index (χ0v) is 11.1. The van der Waals surface area contributed by atoms with Crippen molar-refractivity contribution in [3.05, 3.63) is 35.4 Å². The van der Waals surface area contributed by atoms with Crippen molar-refractivity contribution in [2.45, 2.75) is 44.4 Å². The smallest absolute Gasteiger partial charge is 0.314 e. The van der Waals surface area contributed by atoms with Gasteiger partial charge in [-0.25, -0.2) is 8.78 Å². The molecular formula is C15H18F2O2. The third kappa shape index (κ3) is 2.13. The molecule has 0 heterocycles. The van der Waals surface area contributed by atoms with E-state index in [2.05, 4.69) is 0 Å². The van der Waals surface area contributed by atoms with Gasteiger partial charge in [0.1, 0.15) is 0 Å².